The third-order valence-electron chi connectivity index (χ3n) is 1.85. The molecule has 0 aliphatic heterocycles. The molecule has 0 fully saturated rings. The normalized spacial score (nSPS) is 12.7. The van der Waals surface area contributed by atoms with Crippen LogP contribution in [0.5, 0.6) is 0 Å². The summed E-state index contributed by atoms with van der Waals surface area (Å²) in [7, 11) is 0. The van der Waals surface area contributed by atoms with Crippen LogP contribution in [0.1, 0.15) is 26.7 Å². The van der Waals surface area contributed by atoms with Gasteiger partial charge < -0.3 is 20.3 Å². The van der Waals surface area contributed by atoms with E-state index in [0.29, 0.717) is 6.42 Å². The van der Waals surface area contributed by atoms with Gasteiger partial charge in [0.2, 0.25) is 0 Å². The first-order chi connectivity index (χ1) is 7.88. The fourth-order valence-electron chi connectivity index (χ4n) is 1.19. The summed E-state index contributed by atoms with van der Waals surface area (Å²) in [5.74, 6) is -4.16. The van der Waals surface area contributed by atoms with Crippen molar-refractivity contribution in [3.8, 4) is 0 Å². The molecule has 3 N–H and O–H groups in total. The van der Waals surface area contributed by atoms with Gasteiger partial charge >= 0.3 is 17.7 Å². The van der Waals surface area contributed by atoms with Gasteiger partial charge in [-0.2, -0.15) is 0 Å². The van der Waals surface area contributed by atoms with Gasteiger partial charge in [-0.15, -0.1) is 0 Å². The molecule has 0 amide bonds. The average Bonchev–Trinajstić information content (AvgIpc) is 2.23. The van der Waals surface area contributed by atoms with Crippen LogP contribution in [0.15, 0.2) is 0 Å². The van der Waals surface area contributed by atoms with Crippen molar-refractivity contribution in [1.29, 1.82) is 0 Å². The summed E-state index contributed by atoms with van der Waals surface area (Å²) >= 11 is 0. The van der Waals surface area contributed by atoms with E-state index in [1.165, 1.54) is 6.29 Å². The number of hydrogen-bond acceptors (Lipinski definition) is 7. The van der Waals surface area contributed by atoms with E-state index in [4.69, 9.17) is 5.73 Å². The molecular weight excluding hydrogens is 230 g/mol. The third-order valence-corrected chi connectivity index (χ3v) is 1.85. The second kappa shape index (κ2) is 6.97. The molecule has 0 heterocycles. The molecule has 7 heteroatoms. The Kier molecular flexibility index (Phi) is 6.37. The molecule has 7 nitrogen and oxygen atoms in total. The first-order valence-electron chi connectivity index (χ1n) is 5.04. The highest BCUT2D eigenvalue weighted by Crippen LogP contribution is 2.20. The molecule has 0 saturated heterocycles. The van der Waals surface area contributed by atoms with Crippen LogP contribution in [0.25, 0.3) is 0 Å². The van der Waals surface area contributed by atoms with E-state index in [0.717, 1.165) is 13.8 Å². The van der Waals surface area contributed by atoms with Crippen molar-refractivity contribution < 1.29 is 29.0 Å². The lowest BCUT2D eigenvalue weighted by atomic mass is 10.1. The highest BCUT2D eigenvalue weighted by Gasteiger charge is 2.46. The van der Waals surface area contributed by atoms with Crippen LogP contribution in [0.2, 0.25) is 0 Å². The molecule has 1 atom stereocenters. The van der Waals surface area contributed by atoms with Crippen molar-refractivity contribution >= 4 is 18.2 Å². The lowest BCUT2D eigenvalue weighted by molar-refractivity contribution is -0.229. The molecule has 0 aromatic heterocycles. The largest absolute Gasteiger partial charge is 0.412 e. The summed E-state index contributed by atoms with van der Waals surface area (Å²) in [6, 6.07) is 0. The molecule has 0 aliphatic rings. The van der Waals surface area contributed by atoms with Crippen LogP contribution in [-0.2, 0) is 23.9 Å². The Morgan fingerprint density at radius 2 is 1.82 bits per heavy atom. The molecule has 0 saturated carbocycles. The Labute approximate surface area is 98.9 Å². The molecular formula is C10H16NO6. The monoisotopic (exact) mass is 246 g/mol. The van der Waals surface area contributed by atoms with Crippen LogP contribution in [0.4, 0.5) is 0 Å². The van der Waals surface area contributed by atoms with E-state index in [9.17, 15) is 19.5 Å². The van der Waals surface area contributed by atoms with Crippen molar-refractivity contribution in [2.45, 2.75) is 38.6 Å². The minimum Gasteiger partial charge on any atom is -0.412 e. The van der Waals surface area contributed by atoms with Crippen LogP contribution >= 0.6 is 0 Å². The molecule has 0 spiro atoms. The van der Waals surface area contributed by atoms with Gasteiger partial charge in [-0.05, 0) is 19.4 Å². The zero-order chi connectivity index (χ0) is 13.5. The van der Waals surface area contributed by atoms with E-state index < -0.39 is 23.8 Å². The Morgan fingerprint density at radius 3 is 2.12 bits per heavy atom. The SMILES string of the molecule is CC(=O)OC([C]=O)(OC(C)=O)C(O)CCCN. The van der Waals surface area contributed by atoms with Gasteiger partial charge in [0.25, 0.3) is 6.29 Å². The molecule has 0 bridgehead atoms. The zero-order valence-electron chi connectivity index (χ0n) is 9.76. The number of aliphatic hydroxyl groups excluding tert-OH is 1. The van der Waals surface area contributed by atoms with Crippen LogP contribution in [0.3, 0.4) is 0 Å². The van der Waals surface area contributed by atoms with Crippen molar-refractivity contribution in [2.24, 2.45) is 5.73 Å². The van der Waals surface area contributed by atoms with Crippen molar-refractivity contribution in [2.75, 3.05) is 6.54 Å². The number of rotatable bonds is 7. The molecule has 0 aromatic rings. The Balaban J connectivity index is 4.94. The summed E-state index contributed by atoms with van der Waals surface area (Å²) in [5, 5.41) is 9.72. The third kappa shape index (κ3) is 4.92. The van der Waals surface area contributed by atoms with Crippen LogP contribution < -0.4 is 5.73 Å². The number of carbonyl (C=O) groups is 2. The maximum absolute atomic E-state index is 10.8. The summed E-state index contributed by atoms with van der Waals surface area (Å²) in [4.78, 5) is 32.5. The van der Waals surface area contributed by atoms with Crippen molar-refractivity contribution in [3.63, 3.8) is 0 Å². The smallest absolute Gasteiger partial charge is 0.350 e. The first-order valence-corrected chi connectivity index (χ1v) is 5.04. The molecule has 1 unspecified atom stereocenters. The van der Waals surface area contributed by atoms with Crippen LogP contribution in [0, 0.1) is 0 Å². The van der Waals surface area contributed by atoms with Gasteiger partial charge in [0.1, 0.15) is 6.10 Å². The lowest BCUT2D eigenvalue weighted by Crippen LogP contribution is -2.51. The number of hydrogen-bond donors (Lipinski definition) is 2. The first kappa shape index (κ1) is 15.5. The van der Waals surface area contributed by atoms with Gasteiger partial charge in [-0.25, -0.2) is 0 Å². The Morgan fingerprint density at radius 1 is 1.35 bits per heavy atom. The van der Waals surface area contributed by atoms with E-state index in [1.807, 2.05) is 0 Å². The van der Waals surface area contributed by atoms with E-state index in [2.05, 4.69) is 9.47 Å². The van der Waals surface area contributed by atoms with Crippen molar-refractivity contribution in [3.05, 3.63) is 0 Å². The number of aliphatic hydroxyl groups is 1. The maximum atomic E-state index is 10.8. The molecule has 0 aliphatic carbocycles. The fourth-order valence-corrected chi connectivity index (χ4v) is 1.19. The summed E-state index contributed by atoms with van der Waals surface area (Å²) in [6.45, 7) is 2.31. The van der Waals surface area contributed by atoms with E-state index in [1.54, 1.807) is 0 Å². The molecule has 0 rings (SSSR count). The number of nitrogens with two attached hydrogens (primary N) is 1. The lowest BCUT2D eigenvalue weighted by Gasteiger charge is -2.30. The minimum atomic E-state index is -2.41. The summed E-state index contributed by atoms with van der Waals surface area (Å²) in [5.41, 5.74) is 5.24. The quantitative estimate of drug-likeness (QED) is 0.438. The number of ether oxygens (including phenoxy) is 2. The average molecular weight is 246 g/mol. The highest BCUT2D eigenvalue weighted by molar-refractivity contribution is 5.76. The second-order valence-corrected chi connectivity index (χ2v) is 3.40. The fraction of sp³-hybridized carbons (Fsp3) is 0.700. The number of carbonyl (C=O) groups excluding carboxylic acids is 3. The van der Waals surface area contributed by atoms with Gasteiger partial charge in [-0.3, -0.25) is 14.4 Å². The van der Waals surface area contributed by atoms with Gasteiger partial charge in [0.05, 0.1) is 0 Å². The molecule has 1 radical (unpaired) electrons. The minimum absolute atomic E-state index is 0.0340. The van der Waals surface area contributed by atoms with Gasteiger partial charge in [-0.1, -0.05) is 0 Å². The number of esters is 2. The zero-order valence-corrected chi connectivity index (χ0v) is 9.76. The van der Waals surface area contributed by atoms with E-state index in [-0.39, 0.29) is 13.0 Å². The van der Waals surface area contributed by atoms with E-state index >= 15 is 0 Å². The predicted molar refractivity (Wildman–Crippen MR) is 56.3 cm³/mol. The topological polar surface area (TPSA) is 116 Å². The maximum Gasteiger partial charge on any atom is 0.350 e. The summed E-state index contributed by atoms with van der Waals surface area (Å²) < 4.78 is 9.12. The van der Waals surface area contributed by atoms with Crippen LogP contribution in [-0.4, -0.2) is 41.8 Å². The molecule has 97 valence electrons. The molecule has 0 aromatic carbocycles. The second-order valence-electron chi connectivity index (χ2n) is 3.40. The van der Waals surface area contributed by atoms with Gasteiger partial charge in [0, 0.05) is 13.8 Å². The predicted octanol–water partition coefficient (Wildman–Crippen LogP) is -0.982. The Bertz CT molecular complexity index is 275. The standard InChI is InChI=1S/C10H16NO6/c1-7(13)16-10(6-12,17-8(2)14)9(15)4-3-5-11/h9,15H,3-5,11H2,1-2H3. The summed E-state index contributed by atoms with van der Waals surface area (Å²) in [6.07, 6.45) is 0.159. The van der Waals surface area contributed by atoms with Crippen molar-refractivity contribution in [1.82, 2.24) is 0 Å². The molecule has 17 heavy (non-hydrogen) atoms. The van der Waals surface area contributed by atoms with Gasteiger partial charge in [0.15, 0.2) is 0 Å². The Hall–Kier alpha value is -1.47. The highest BCUT2D eigenvalue weighted by atomic mass is 16.7.